The number of hydrogen-bond acceptors (Lipinski definition) is 3. The summed E-state index contributed by atoms with van der Waals surface area (Å²) in [7, 11) is 0. The van der Waals surface area contributed by atoms with Crippen LogP contribution in [0.5, 0.6) is 0 Å². The lowest BCUT2D eigenvalue weighted by Gasteiger charge is -2.07. The number of Topliss-reactive ketones (excluding diaryl/α,β-unsaturated/α-hetero) is 1. The van der Waals surface area contributed by atoms with Crippen LogP contribution in [0.2, 0.25) is 0 Å². The van der Waals surface area contributed by atoms with Crippen molar-refractivity contribution in [3.05, 3.63) is 36.0 Å². The number of aliphatic hydroxyl groups excluding tert-OH is 1. The predicted octanol–water partition coefficient (Wildman–Crippen LogP) is 4.20. The SMILES string of the molecule is CCCCC/C=C\C=C1\C(=O)CC[C@H]1/C=C/[C@@H](O)CCCC(=O)O. The number of hydrogen-bond donors (Lipinski definition) is 2. The molecule has 0 unspecified atom stereocenters. The smallest absolute Gasteiger partial charge is 0.303 e. The monoisotopic (exact) mass is 334 g/mol. The Bertz CT molecular complexity index is 488. The first kappa shape index (κ1) is 20.4. The molecule has 1 aliphatic carbocycles. The molecule has 2 atom stereocenters. The number of rotatable bonds is 11. The van der Waals surface area contributed by atoms with Gasteiger partial charge >= 0.3 is 5.97 Å². The fourth-order valence-corrected chi connectivity index (χ4v) is 2.81. The highest BCUT2D eigenvalue weighted by Gasteiger charge is 2.25. The van der Waals surface area contributed by atoms with E-state index in [9.17, 15) is 14.7 Å². The summed E-state index contributed by atoms with van der Waals surface area (Å²) in [6.07, 6.45) is 15.9. The van der Waals surface area contributed by atoms with E-state index in [1.54, 1.807) is 6.08 Å². The van der Waals surface area contributed by atoms with Crippen LogP contribution in [0.25, 0.3) is 0 Å². The summed E-state index contributed by atoms with van der Waals surface area (Å²) < 4.78 is 0. The van der Waals surface area contributed by atoms with E-state index in [2.05, 4.69) is 13.0 Å². The maximum absolute atomic E-state index is 12.0. The van der Waals surface area contributed by atoms with Gasteiger partial charge in [-0.25, -0.2) is 0 Å². The van der Waals surface area contributed by atoms with Gasteiger partial charge in [0.1, 0.15) is 0 Å². The van der Waals surface area contributed by atoms with E-state index < -0.39 is 12.1 Å². The Morgan fingerprint density at radius 3 is 2.83 bits per heavy atom. The number of aliphatic carboxylic acids is 1. The van der Waals surface area contributed by atoms with Crippen LogP contribution in [-0.4, -0.2) is 28.1 Å². The van der Waals surface area contributed by atoms with E-state index in [1.165, 1.54) is 19.3 Å². The van der Waals surface area contributed by atoms with Gasteiger partial charge in [-0.15, -0.1) is 0 Å². The van der Waals surface area contributed by atoms with Crippen molar-refractivity contribution in [2.45, 2.75) is 70.8 Å². The van der Waals surface area contributed by atoms with Gasteiger partial charge < -0.3 is 10.2 Å². The summed E-state index contributed by atoms with van der Waals surface area (Å²) in [5.74, 6) is -0.598. The maximum Gasteiger partial charge on any atom is 0.303 e. The second kappa shape index (κ2) is 11.8. The highest BCUT2D eigenvalue weighted by molar-refractivity contribution is 5.98. The quantitative estimate of drug-likeness (QED) is 0.337. The molecular formula is C20H30O4. The highest BCUT2D eigenvalue weighted by Crippen LogP contribution is 2.29. The van der Waals surface area contributed by atoms with E-state index in [0.29, 0.717) is 19.3 Å². The molecule has 0 radical (unpaired) electrons. The molecule has 1 saturated carbocycles. The standard InChI is InChI=1S/C20H30O4/c1-2-3-4-5-6-7-10-18-16(13-15-19(18)22)12-14-17(21)9-8-11-20(23)24/h6-7,10,12,14,16-17,21H,2-5,8-9,11,13,15H2,1H3,(H,23,24)/b7-6-,14-12+,18-10+/t16-,17+/m1/s1. The molecular weight excluding hydrogens is 304 g/mol. The number of unbranched alkanes of at least 4 members (excludes halogenated alkanes) is 3. The van der Waals surface area contributed by atoms with Crippen molar-refractivity contribution in [3.8, 4) is 0 Å². The van der Waals surface area contributed by atoms with Crippen molar-refractivity contribution in [1.29, 1.82) is 0 Å². The van der Waals surface area contributed by atoms with Crippen LogP contribution in [0.15, 0.2) is 36.0 Å². The summed E-state index contributed by atoms with van der Waals surface area (Å²) in [6, 6.07) is 0. The van der Waals surface area contributed by atoms with Crippen molar-refractivity contribution in [2.75, 3.05) is 0 Å². The Morgan fingerprint density at radius 1 is 1.33 bits per heavy atom. The lowest BCUT2D eigenvalue weighted by atomic mass is 9.99. The second-order valence-corrected chi connectivity index (χ2v) is 6.35. The van der Waals surface area contributed by atoms with E-state index in [-0.39, 0.29) is 18.1 Å². The Balaban J connectivity index is 2.48. The van der Waals surface area contributed by atoms with Gasteiger partial charge in [0.05, 0.1) is 6.10 Å². The van der Waals surface area contributed by atoms with Gasteiger partial charge in [0, 0.05) is 24.3 Å². The normalized spacial score (nSPS) is 21.3. The molecule has 0 heterocycles. The number of carbonyl (C=O) groups excluding carboxylic acids is 1. The molecule has 0 bridgehead atoms. The molecule has 2 N–H and O–H groups in total. The number of carboxylic acid groups (broad SMARTS) is 1. The van der Waals surface area contributed by atoms with Gasteiger partial charge in [0.15, 0.2) is 5.78 Å². The van der Waals surface area contributed by atoms with Gasteiger partial charge in [-0.2, -0.15) is 0 Å². The average Bonchev–Trinajstić information content (AvgIpc) is 2.89. The van der Waals surface area contributed by atoms with Gasteiger partial charge in [-0.05, 0) is 32.1 Å². The molecule has 1 rings (SSSR count). The Hall–Kier alpha value is -1.68. The minimum atomic E-state index is -0.844. The Morgan fingerprint density at radius 2 is 2.12 bits per heavy atom. The molecule has 0 aromatic heterocycles. The van der Waals surface area contributed by atoms with Crippen LogP contribution in [-0.2, 0) is 9.59 Å². The molecule has 0 amide bonds. The second-order valence-electron chi connectivity index (χ2n) is 6.35. The fraction of sp³-hybridized carbons (Fsp3) is 0.600. The molecule has 0 aromatic carbocycles. The average molecular weight is 334 g/mol. The summed E-state index contributed by atoms with van der Waals surface area (Å²) in [4.78, 5) is 22.4. The highest BCUT2D eigenvalue weighted by atomic mass is 16.4. The van der Waals surface area contributed by atoms with Gasteiger partial charge in [0.2, 0.25) is 0 Å². The number of allylic oxidation sites excluding steroid dienone is 5. The molecule has 1 fully saturated rings. The van der Waals surface area contributed by atoms with E-state index in [0.717, 1.165) is 18.4 Å². The zero-order chi connectivity index (χ0) is 17.8. The molecule has 24 heavy (non-hydrogen) atoms. The van der Waals surface area contributed by atoms with E-state index in [1.807, 2.05) is 18.2 Å². The third kappa shape index (κ3) is 8.25. The summed E-state index contributed by atoms with van der Waals surface area (Å²) in [5.41, 5.74) is 0.815. The summed E-state index contributed by atoms with van der Waals surface area (Å²) >= 11 is 0. The van der Waals surface area contributed by atoms with Crippen molar-refractivity contribution in [3.63, 3.8) is 0 Å². The molecule has 0 spiro atoms. The minimum absolute atomic E-state index is 0.0620. The van der Waals surface area contributed by atoms with Crippen molar-refractivity contribution >= 4 is 11.8 Å². The minimum Gasteiger partial charge on any atom is -0.481 e. The van der Waals surface area contributed by atoms with Crippen LogP contribution in [0.3, 0.4) is 0 Å². The topological polar surface area (TPSA) is 74.6 Å². The van der Waals surface area contributed by atoms with Crippen molar-refractivity contribution in [1.82, 2.24) is 0 Å². The predicted molar refractivity (Wildman–Crippen MR) is 95.7 cm³/mol. The molecule has 4 heteroatoms. The third-order valence-electron chi connectivity index (χ3n) is 4.25. The Labute approximate surface area is 145 Å². The summed E-state index contributed by atoms with van der Waals surface area (Å²) in [6.45, 7) is 2.18. The van der Waals surface area contributed by atoms with Gasteiger partial charge in [-0.1, -0.05) is 50.1 Å². The van der Waals surface area contributed by atoms with Crippen LogP contribution in [0.1, 0.15) is 64.7 Å². The largest absolute Gasteiger partial charge is 0.481 e. The lowest BCUT2D eigenvalue weighted by molar-refractivity contribution is -0.137. The maximum atomic E-state index is 12.0. The zero-order valence-electron chi connectivity index (χ0n) is 14.6. The number of aliphatic hydroxyl groups is 1. The number of carboxylic acids is 1. The number of ketones is 1. The first-order valence-corrected chi connectivity index (χ1v) is 9.02. The van der Waals surface area contributed by atoms with Gasteiger partial charge in [-0.3, -0.25) is 9.59 Å². The van der Waals surface area contributed by atoms with Crippen LogP contribution >= 0.6 is 0 Å². The molecule has 0 aliphatic heterocycles. The molecule has 0 saturated heterocycles. The Kier molecular flexibility index (Phi) is 10.0. The lowest BCUT2D eigenvalue weighted by Crippen LogP contribution is -2.05. The van der Waals surface area contributed by atoms with E-state index in [4.69, 9.17) is 5.11 Å². The molecule has 1 aliphatic rings. The first-order chi connectivity index (χ1) is 11.5. The van der Waals surface area contributed by atoms with Crippen LogP contribution in [0.4, 0.5) is 0 Å². The third-order valence-corrected chi connectivity index (χ3v) is 4.25. The van der Waals surface area contributed by atoms with Crippen molar-refractivity contribution in [2.24, 2.45) is 5.92 Å². The molecule has 4 nitrogen and oxygen atoms in total. The molecule has 134 valence electrons. The van der Waals surface area contributed by atoms with E-state index >= 15 is 0 Å². The fourth-order valence-electron chi connectivity index (χ4n) is 2.81. The molecule has 0 aromatic rings. The van der Waals surface area contributed by atoms with Crippen LogP contribution in [0, 0.1) is 5.92 Å². The van der Waals surface area contributed by atoms with Gasteiger partial charge in [0.25, 0.3) is 0 Å². The van der Waals surface area contributed by atoms with Crippen molar-refractivity contribution < 1.29 is 19.8 Å². The first-order valence-electron chi connectivity index (χ1n) is 9.02. The van der Waals surface area contributed by atoms with Crippen LogP contribution < -0.4 is 0 Å². The zero-order valence-corrected chi connectivity index (χ0v) is 14.6. The summed E-state index contributed by atoms with van der Waals surface area (Å²) in [5, 5.41) is 18.5. The number of carbonyl (C=O) groups is 2.